The lowest BCUT2D eigenvalue weighted by Gasteiger charge is -2.28. The summed E-state index contributed by atoms with van der Waals surface area (Å²) in [6, 6.07) is 5.35. The number of fused-ring (bicyclic) bond motifs is 1. The Bertz CT molecular complexity index is 798. The highest BCUT2D eigenvalue weighted by molar-refractivity contribution is 6.28. The standard InChI is InChI=1S/C21H27N3O3/c1-3-5-12-24-20(26)17(19(25)22-21(24)27)14-15-8-9-18-16(13-15)7-6-11-23(18)10-4-2/h8-9,13-14H,3-7,10-12H2,1-2H3,(H,22,25,27). The second-order valence-electron chi connectivity index (χ2n) is 7.19. The number of imide groups is 1. The number of aryl methyl sites for hydroxylation is 1. The molecule has 2 aliphatic rings. The molecule has 27 heavy (non-hydrogen) atoms. The predicted molar refractivity (Wildman–Crippen MR) is 103 cm³/mol. The summed E-state index contributed by atoms with van der Waals surface area (Å²) in [6.45, 7) is 6.72. The van der Waals surface area contributed by atoms with Gasteiger partial charge in [-0.2, -0.15) is 0 Å². The summed E-state index contributed by atoms with van der Waals surface area (Å²) in [6.07, 6.45) is 6.40. The molecule has 2 heterocycles. The van der Waals surface area contributed by atoms with E-state index in [0.29, 0.717) is 13.0 Å². The van der Waals surface area contributed by atoms with E-state index in [2.05, 4.69) is 24.0 Å². The molecule has 0 saturated heterocycles. The molecule has 0 fully saturated rings. The quantitative estimate of drug-likeness (QED) is 0.772. The first kappa shape index (κ1) is 19.3. The van der Waals surface area contributed by atoms with Crippen LogP contribution in [0.15, 0.2) is 28.8 Å². The van der Waals surface area contributed by atoms with Crippen molar-refractivity contribution in [2.45, 2.75) is 46.0 Å². The van der Waals surface area contributed by atoms with Crippen molar-refractivity contribution in [3.63, 3.8) is 0 Å². The van der Waals surface area contributed by atoms with Gasteiger partial charge in [0, 0.05) is 24.4 Å². The Morgan fingerprint density at radius 1 is 1.26 bits per heavy atom. The summed E-state index contributed by atoms with van der Waals surface area (Å²) in [5, 5.41) is 12.2. The molecule has 6 nitrogen and oxygen atoms in total. The molecule has 1 aromatic rings. The van der Waals surface area contributed by atoms with Crippen molar-refractivity contribution in [3.05, 3.63) is 34.9 Å². The van der Waals surface area contributed by atoms with Gasteiger partial charge in [-0.15, -0.1) is 0 Å². The summed E-state index contributed by atoms with van der Waals surface area (Å²) < 4.78 is 0. The molecular formula is C21H27N3O3. The average Bonchev–Trinajstić information content (AvgIpc) is 2.65. The topological polar surface area (TPSA) is 77.2 Å². The summed E-state index contributed by atoms with van der Waals surface area (Å²) >= 11 is 0. The minimum Gasteiger partial charge on any atom is -0.858 e. The molecule has 1 atom stereocenters. The lowest BCUT2D eigenvalue weighted by Crippen LogP contribution is -3.08. The monoisotopic (exact) mass is 369 g/mol. The van der Waals surface area contributed by atoms with E-state index in [-0.39, 0.29) is 5.57 Å². The van der Waals surface area contributed by atoms with Gasteiger partial charge < -0.3 is 10.0 Å². The van der Waals surface area contributed by atoms with E-state index in [1.54, 1.807) is 6.08 Å². The van der Waals surface area contributed by atoms with Crippen LogP contribution >= 0.6 is 0 Å². The van der Waals surface area contributed by atoms with Crippen LogP contribution in [0.1, 0.15) is 50.7 Å². The molecule has 144 valence electrons. The number of carbonyl (C=O) groups excluding carboxylic acids is 2. The van der Waals surface area contributed by atoms with Gasteiger partial charge in [0.2, 0.25) is 0 Å². The molecule has 1 aromatic carbocycles. The normalized spacial score (nSPS) is 21.4. The van der Waals surface area contributed by atoms with E-state index in [9.17, 15) is 14.7 Å². The maximum Gasteiger partial charge on any atom is 0.349 e. The Morgan fingerprint density at radius 3 is 2.81 bits per heavy atom. The van der Waals surface area contributed by atoms with Crippen molar-refractivity contribution in [2.75, 3.05) is 19.6 Å². The van der Waals surface area contributed by atoms with Gasteiger partial charge in [0.1, 0.15) is 5.69 Å². The van der Waals surface area contributed by atoms with Gasteiger partial charge in [0.15, 0.2) is 0 Å². The summed E-state index contributed by atoms with van der Waals surface area (Å²) in [5.41, 5.74) is 3.36. The molecule has 0 bridgehead atoms. The molecule has 3 rings (SSSR count). The largest absolute Gasteiger partial charge is 0.858 e. The van der Waals surface area contributed by atoms with E-state index in [0.717, 1.165) is 49.2 Å². The van der Waals surface area contributed by atoms with E-state index in [1.807, 2.05) is 13.0 Å². The maximum atomic E-state index is 12.6. The van der Waals surface area contributed by atoms with Gasteiger partial charge in [-0.1, -0.05) is 20.3 Å². The Labute approximate surface area is 160 Å². The van der Waals surface area contributed by atoms with Crippen LogP contribution in [0.25, 0.3) is 6.08 Å². The van der Waals surface area contributed by atoms with Gasteiger partial charge in [-0.3, -0.25) is 9.69 Å². The highest BCUT2D eigenvalue weighted by Crippen LogP contribution is 2.22. The zero-order valence-corrected chi connectivity index (χ0v) is 16.1. The van der Waals surface area contributed by atoms with Crippen LogP contribution in [-0.4, -0.2) is 42.4 Å². The average molecular weight is 369 g/mol. The third-order valence-electron chi connectivity index (χ3n) is 5.17. The Kier molecular flexibility index (Phi) is 6.06. The van der Waals surface area contributed by atoms with Crippen molar-refractivity contribution >= 4 is 29.6 Å². The van der Waals surface area contributed by atoms with Gasteiger partial charge in [0.05, 0.1) is 18.7 Å². The smallest absolute Gasteiger partial charge is 0.349 e. The summed E-state index contributed by atoms with van der Waals surface area (Å²) in [4.78, 5) is 30.6. The van der Waals surface area contributed by atoms with Crippen LogP contribution in [0.3, 0.4) is 0 Å². The maximum absolute atomic E-state index is 12.6. The lowest BCUT2D eigenvalue weighted by atomic mass is 9.97. The number of carbonyl (C=O) groups is 2. The fourth-order valence-electron chi connectivity index (χ4n) is 3.78. The number of rotatable bonds is 6. The lowest BCUT2D eigenvalue weighted by molar-refractivity contribution is -0.835. The van der Waals surface area contributed by atoms with Crippen LogP contribution in [0.2, 0.25) is 0 Å². The molecule has 1 unspecified atom stereocenters. The van der Waals surface area contributed by atoms with Crippen LogP contribution in [0, 0.1) is 0 Å². The number of nitrogens with one attached hydrogen (secondary N) is 1. The SMILES string of the molecule is CCCCN1C(=O)N=C([O-])C(=Cc2ccc3c(c2)CCC[NH+]3CCC)C1=O. The van der Waals surface area contributed by atoms with Gasteiger partial charge >= 0.3 is 6.03 Å². The third-order valence-corrected chi connectivity index (χ3v) is 5.17. The number of urea groups is 1. The van der Waals surface area contributed by atoms with Crippen molar-refractivity contribution in [3.8, 4) is 0 Å². The number of nitrogens with zero attached hydrogens (tertiary/aromatic N) is 2. The molecule has 6 heteroatoms. The number of benzene rings is 1. The minimum atomic E-state index is -0.750. The number of hydrogen-bond donors (Lipinski definition) is 1. The van der Waals surface area contributed by atoms with Gasteiger partial charge in [-0.05, 0) is 49.1 Å². The van der Waals surface area contributed by atoms with Crippen LogP contribution in [-0.2, 0) is 11.2 Å². The van der Waals surface area contributed by atoms with E-state index in [4.69, 9.17) is 0 Å². The number of quaternary nitrogens is 1. The van der Waals surface area contributed by atoms with Crippen LogP contribution in [0.4, 0.5) is 10.5 Å². The summed E-state index contributed by atoms with van der Waals surface area (Å²) in [5.74, 6) is -1.28. The van der Waals surface area contributed by atoms with Crippen molar-refractivity contribution in [2.24, 2.45) is 4.99 Å². The van der Waals surface area contributed by atoms with Gasteiger partial charge in [-0.25, -0.2) is 9.79 Å². The fourth-order valence-corrected chi connectivity index (χ4v) is 3.78. The molecule has 0 radical (unpaired) electrons. The molecule has 0 saturated carbocycles. The minimum absolute atomic E-state index is 0.0285. The van der Waals surface area contributed by atoms with Crippen LogP contribution < -0.4 is 10.0 Å². The number of unbranched alkanes of at least 4 members (excludes halogenated alkanes) is 1. The fraction of sp³-hybridized carbons (Fsp3) is 0.476. The summed E-state index contributed by atoms with van der Waals surface area (Å²) in [7, 11) is 0. The molecular weight excluding hydrogens is 342 g/mol. The molecule has 0 aliphatic carbocycles. The zero-order chi connectivity index (χ0) is 19.4. The molecule has 2 aliphatic heterocycles. The van der Waals surface area contributed by atoms with Crippen molar-refractivity contribution < 1.29 is 19.6 Å². The Balaban J connectivity index is 1.90. The molecule has 3 amide bonds. The Hall–Kier alpha value is -2.47. The Morgan fingerprint density at radius 2 is 2.07 bits per heavy atom. The van der Waals surface area contributed by atoms with Crippen LogP contribution in [0.5, 0.6) is 0 Å². The second kappa shape index (κ2) is 8.48. The predicted octanol–water partition coefficient (Wildman–Crippen LogP) is 1.46. The highest BCUT2D eigenvalue weighted by atomic mass is 16.3. The number of aliphatic imine (C=N–C) groups is 1. The number of hydrogen-bond acceptors (Lipinski definition) is 3. The first-order valence-electron chi connectivity index (χ1n) is 9.86. The van der Waals surface area contributed by atoms with Crippen molar-refractivity contribution in [1.29, 1.82) is 0 Å². The second-order valence-corrected chi connectivity index (χ2v) is 7.19. The zero-order valence-electron chi connectivity index (χ0n) is 16.1. The molecule has 1 N–H and O–H groups in total. The molecule has 0 spiro atoms. The third kappa shape index (κ3) is 4.11. The first-order chi connectivity index (χ1) is 13.0. The van der Waals surface area contributed by atoms with E-state index >= 15 is 0 Å². The number of amides is 3. The van der Waals surface area contributed by atoms with Crippen molar-refractivity contribution in [1.82, 2.24) is 4.90 Å². The van der Waals surface area contributed by atoms with E-state index in [1.165, 1.54) is 16.2 Å². The van der Waals surface area contributed by atoms with Gasteiger partial charge in [0.25, 0.3) is 5.91 Å². The highest BCUT2D eigenvalue weighted by Gasteiger charge is 2.29. The van der Waals surface area contributed by atoms with E-state index < -0.39 is 17.8 Å². The molecule has 0 aromatic heterocycles. The first-order valence-corrected chi connectivity index (χ1v) is 9.86.